The predicted molar refractivity (Wildman–Crippen MR) is 93.2 cm³/mol. The fourth-order valence-corrected chi connectivity index (χ4v) is 1.80. The van der Waals surface area contributed by atoms with Crippen molar-refractivity contribution in [1.29, 1.82) is 0 Å². The van der Waals surface area contributed by atoms with Gasteiger partial charge in [0.25, 0.3) is 11.8 Å². The van der Waals surface area contributed by atoms with Crippen LogP contribution in [0, 0.1) is 0 Å². The maximum absolute atomic E-state index is 13.0. The molecule has 9 heteroatoms. The molecule has 1 aromatic rings. The molecule has 5 nitrogen and oxygen atoms in total. The van der Waals surface area contributed by atoms with Crippen molar-refractivity contribution in [3.05, 3.63) is 23.9 Å². The molecule has 0 unspecified atom stereocenters. The standard InChI is InChI=1S/C14H22F2N4O.2ClH/c1-3-7-20(4-2)12-6-5-11(8-18-12)13(21)19-10-14(15,16)9-17;;/h5-6,8H,3-4,7,9-10,17H2,1-2H3,(H,19,21);2*1H. The number of aromatic nitrogens is 1. The summed E-state index contributed by atoms with van der Waals surface area (Å²) in [5.41, 5.74) is 5.16. The second-order valence-electron chi connectivity index (χ2n) is 4.73. The SMILES string of the molecule is CCCN(CC)c1ccc(C(=O)NCC(F)(F)CN)cn1.Cl.Cl. The average Bonchev–Trinajstić information content (AvgIpc) is 2.50. The molecule has 1 rings (SSSR count). The summed E-state index contributed by atoms with van der Waals surface area (Å²) in [5, 5.41) is 2.16. The van der Waals surface area contributed by atoms with Crippen LogP contribution in [0.2, 0.25) is 0 Å². The van der Waals surface area contributed by atoms with Crippen molar-refractivity contribution in [2.24, 2.45) is 5.73 Å². The van der Waals surface area contributed by atoms with Gasteiger partial charge in [-0.05, 0) is 25.5 Å². The molecule has 134 valence electrons. The first-order valence-electron chi connectivity index (χ1n) is 7.00. The lowest BCUT2D eigenvalue weighted by molar-refractivity contribution is 0.0118. The van der Waals surface area contributed by atoms with Crippen molar-refractivity contribution in [2.45, 2.75) is 26.2 Å². The van der Waals surface area contributed by atoms with E-state index in [-0.39, 0.29) is 30.4 Å². The first-order valence-corrected chi connectivity index (χ1v) is 7.00. The Morgan fingerprint density at radius 1 is 1.35 bits per heavy atom. The smallest absolute Gasteiger partial charge is 0.277 e. The number of hydrogen-bond acceptors (Lipinski definition) is 4. The molecule has 0 fully saturated rings. The van der Waals surface area contributed by atoms with Crippen LogP contribution in [-0.2, 0) is 0 Å². The van der Waals surface area contributed by atoms with Crippen LogP contribution < -0.4 is 16.0 Å². The number of halogens is 4. The Labute approximate surface area is 147 Å². The molecule has 0 aliphatic carbocycles. The lowest BCUT2D eigenvalue weighted by atomic mass is 10.2. The van der Waals surface area contributed by atoms with Crippen molar-refractivity contribution >= 4 is 36.5 Å². The molecule has 23 heavy (non-hydrogen) atoms. The highest BCUT2D eigenvalue weighted by molar-refractivity contribution is 5.94. The zero-order valence-electron chi connectivity index (χ0n) is 13.2. The van der Waals surface area contributed by atoms with Gasteiger partial charge < -0.3 is 16.0 Å². The highest BCUT2D eigenvalue weighted by Crippen LogP contribution is 2.12. The molecule has 1 heterocycles. The molecule has 0 bridgehead atoms. The minimum atomic E-state index is -3.09. The minimum Gasteiger partial charge on any atom is -0.357 e. The van der Waals surface area contributed by atoms with Gasteiger partial charge in [-0.3, -0.25) is 4.79 Å². The number of rotatable bonds is 8. The maximum atomic E-state index is 13.0. The predicted octanol–water partition coefficient (Wildman–Crippen LogP) is 2.49. The van der Waals surface area contributed by atoms with E-state index >= 15 is 0 Å². The van der Waals surface area contributed by atoms with Gasteiger partial charge in [-0.25, -0.2) is 13.8 Å². The number of carbonyl (C=O) groups is 1. The molecule has 0 spiro atoms. The Balaban J connectivity index is 0. The van der Waals surface area contributed by atoms with Crippen LogP contribution in [-0.4, -0.2) is 43.0 Å². The maximum Gasteiger partial charge on any atom is 0.277 e. The summed E-state index contributed by atoms with van der Waals surface area (Å²) in [6.07, 6.45) is 2.38. The van der Waals surface area contributed by atoms with E-state index in [2.05, 4.69) is 22.1 Å². The van der Waals surface area contributed by atoms with Crippen molar-refractivity contribution in [3.8, 4) is 0 Å². The number of anilines is 1. The Kier molecular flexibility index (Phi) is 11.9. The van der Waals surface area contributed by atoms with Crippen LogP contribution in [0.5, 0.6) is 0 Å². The second-order valence-corrected chi connectivity index (χ2v) is 4.73. The first kappa shape index (κ1) is 24.1. The molecule has 0 atom stereocenters. The van der Waals surface area contributed by atoms with Crippen molar-refractivity contribution in [1.82, 2.24) is 10.3 Å². The number of nitrogens with one attached hydrogen (secondary N) is 1. The van der Waals surface area contributed by atoms with Gasteiger partial charge in [0, 0.05) is 19.3 Å². The first-order chi connectivity index (χ1) is 9.93. The molecule has 0 radical (unpaired) electrons. The fourth-order valence-electron chi connectivity index (χ4n) is 1.80. The molecular weight excluding hydrogens is 349 g/mol. The van der Waals surface area contributed by atoms with E-state index < -0.39 is 24.9 Å². The average molecular weight is 373 g/mol. The summed E-state index contributed by atoms with van der Waals surface area (Å²) < 4.78 is 25.9. The second kappa shape index (κ2) is 11.4. The van der Waals surface area contributed by atoms with E-state index in [0.29, 0.717) is 0 Å². The zero-order valence-corrected chi connectivity index (χ0v) is 14.9. The molecule has 3 N–H and O–H groups in total. The van der Waals surface area contributed by atoms with Crippen molar-refractivity contribution in [2.75, 3.05) is 31.1 Å². The molecule has 0 saturated heterocycles. The largest absolute Gasteiger partial charge is 0.357 e. The summed E-state index contributed by atoms with van der Waals surface area (Å²) in [5.74, 6) is -2.91. The number of carbonyl (C=O) groups excluding carboxylic acids is 1. The highest BCUT2D eigenvalue weighted by Gasteiger charge is 2.27. The number of nitrogens with zero attached hydrogens (tertiary/aromatic N) is 2. The van der Waals surface area contributed by atoms with Gasteiger partial charge in [0.2, 0.25) is 0 Å². The molecule has 0 aliphatic heterocycles. The minimum absolute atomic E-state index is 0. The van der Waals surface area contributed by atoms with Crippen molar-refractivity contribution in [3.63, 3.8) is 0 Å². The molecule has 1 amide bonds. The molecule has 0 saturated carbocycles. The van der Waals surface area contributed by atoms with Crippen LogP contribution in [0.15, 0.2) is 18.3 Å². The third kappa shape index (κ3) is 7.76. The Morgan fingerprint density at radius 2 is 2.00 bits per heavy atom. The normalized spacial score (nSPS) is 10.3. The van der Waals surface area contributed by atoms with Gasteiger partial charge in [0.1, 0.15) is 5.82 Å². The summed E-state index contributed by atoms with van der Waals surface area (Å²) in [6, 6.07) is 3.30. The quantitative estimate of drug-likeness (QED) is 0.735. The van der Waals surface area contributed by atoms with Gasteiger partial charge in [-0.15, -0.1) is 24.8 Å². The van der Waals surface area contributed by atoms with E-state index in [0.717, 1.165) is 25.3 Å². The van der Waals surface area contributed by atoms with Gasteiger partial charge in [-0.2, -0.15) is 0 Å². The van der Waals surface area contributed by atoms with E-state index in [1.165, 1.54) is 6.20 Å². The van der Waals surface area contributed by atoms with E-state index in [4.69, 9.17) is 5.73 Å². The van der Waals surface area contributed by atoms with Crippen LogP contribution in [0.3, 0.4) is 0 Å². The van der Waals surface area contributed by atoms with Crippen LogP contribution in [0.1, 0.15) is 30.6 Å². The number of pyridine rings is 1. The van der Waals surface area contributed by atoms with Crippen molar-refractivity contribution < 1.29 is 13.6 Å². The molecule has 0 aliphatic rings. The third-order valence-electron chi connectivity index (χ3n) is 3.02. The van der Waals surface area contributed by atoms with E-state index in [1.54, 1.807) is 12.1 Å². The Bertz CT molecular complexity index is 461. The molecule has 0 aromatic carbocycles. The van der Waals surface area contributed by atoms with Gasteiger partial charge in [0.05, 0.1) is 18.7 Å². The number of nitrogens with two attached hydrogens (primary N) is 1. The van der Waals surface area contributed by atoms with Gasteiger partial charge in [-0.1, -0.05) is 6.92 Å². The fraction of sp³-hybridized carbons (Fsp3) is 0.571. The Morgan fingerprint density at radius 3 is 2.43 bits per heavy atom. The zero-order chi connectivity index (χ0) is 15.9. The summed E-state index contributed by atoms with van der Waals surface area (Å²) in [7, 11) is 0. The summed E-state index contributed by atoms with van der Waals surface area (Å²) >= 11 is 0. The Hall–Kier alpha value is -1.18. The van der Waals surface area contributed by atoms with Crippen LogP contribution in [0.4, 0.5) is 14.6 Å². The topological polar surface area (TPSA) is 71.2 Å². The van der Waals surface area contributed by atoms with Crippen LogP contribution >= 0.6 is 24.8 Å². The van der Waals surface area contributed by atoms with Gasteiger partial charge in [0.15, 0.2) is 0 Å². The third-order valence-corrected chi connectivity index (χ3v) is 3.02. The van der Waals surface area contributed by atoms with Crippen LogP contribution in [0.25, 0.3) is 0 Å². The lowest BCUT2D eigenvalue weighted by Crippen LogP contribution is -2.41. The molecular formula is C14H24Cl2F2N4O. The monoisotopic (exact) mass is 372 g/mol. The number of alkyl halides is 2. The number of amides is 1. The van der Waals surface area contributed by atoms with E-state index in [9.17, 15) is 13.6 Å². The van der Waals surface area contributed by atoms with E-state index in [1.807, 2.05) is 6.92 Å². The summed E-state index contributed by atoms with van der Waals surface area (Å²) in [4.78, 5) is 18.0. The summed E-state index contributed by atoms with van der Waals surface area (Å²) in [6.45, 7) is 4.20. The lowest BCUT2D eigenvalue weighted by Gasteiger charge is -2.21. The molecule has 1 aromatic heterocycles. The number of hydrogen-bond donors (Lipinski definition) is 2. The van der Waals surface area contributed by atoms with Gasteiger partial charge >= 0.3 is 0 Å². The highest BCUT2D eigenvalue weighted by atomic mass is 35.5.